The van der Waals surface area contributed by atoms with E-state index in [0.29, 0.717) is 0 Å². The Balaban J connectivity index is 2.22. The first kappa shape index (κ1) is 14.0. The van der Waals surface area contributed by atoms with Gasteiger partial charge in [0.25, 0.3) is 0 Å². The number of rotatable bonds is 4. The highest BCUT2D eigenvalue weighted by Crippen LogP contribution is 2.30. The van der Waals surface area contributed by atoms with Crippen LogP contribution in [0.4, 0.5) is 0 Å². The lowest BCUT2D eigenvalue weighted by Gasteiger charge is -2.17. The predicted molar refractivity (Wildman–Crippen MR) is 82.0 cm³/mol. The molecule has 2 aromatic rings. The Morgan fingerprint density at radius 1 is 1.39 bits per heavy atom. The fourth-order valence-corrected chi connectivity index (χ4v) is 3.74. The van der Waals surface area contributed by atoms with E-state index < -0.39 is 0 Å². The van der Waals surface area contributed by atoms with Gasteiger partial charge >= 0.3 is 0 Å². The zero-order valence-corrected chi connectivity index (χ0v) is 13.1. The van der Waals surface area contributed by atoms with Gasteiger partial charge in [0.2, 0.25) is 0 Å². The van der Waals surface area contributed by atoms with Crippen LogP contribution in [-0.2, 0) is 6.42 Å². The van der Waals surface area contributed by atoms with Crippen LogP contribution in [0, 0.1) is 6.92 Å². The van der Waals surface area contributed by atoms with E-state index in [1.807, 2.05) is 12.1 Å². The van der Waals surface area contributed by atoms with Gasteiger partial charge in [0.15, 0.2) is 0 Å². The summed E-state index contributed by atoms with van der Waals surface area (Å²) < 4.78 is 1.89. The molecular formula is C13H14BrClN2S. The van der Waals surface area contributed by atoms with Gasteiger partial charge < -0.3 is 0 Å². The number of nitrogens with two attached hydrogens (primary N) is 1. The molecule has 1 aromatic heterocycles. The van der Waals surface area contributed by atoms with Gasteiger partial charge in [0.05, 0.1) is 10.4 Å². The molecule has 96 valence electrons. The van der Waals surface area contributed by atoms with Gasteiger partial charge in [0, 0.05) is 15.8 Å². The molecule has 0 bridgehead atoms. The molecule has 3 N–H and O–H groups in total. The van der Waals surface area contributed by atoms with E-state index in [2.05, 4.69) is 46.5 Å². The normalized spacial score (nSPS) is 12.7. The topological polar surface area (TPSA) is 38.0 Å². The highest BCUT2D eigenvalue weighted by atomic mass is 79.9. The highest BCUT2D eigenvalue weighted by Gasteiger charge is 2.14. The van der Waals surface area contributed by atoms with E-state index in [-0.39, 0.29) is 6.04 Å². The standard InChI is InChI=1S/C13H14BrClN2S/c1-8-2-4-10(11(14)6-8)12(17-16)7-9-3-5-13(15)18-9/h2-6,12,17H,7,16H2,1H3. The van der Waals surface area contributed by atoms with Crippen LogP contribution >= 0.6 is 38.9 Å². The molecule has 0 amide bonds. The second-order valence-electron chi connectivity index (χ2n) is 4.15. The first-order valence-corrected chi connectivity index (χ1v) is 7.55. The van der Waals surface area contributed by atoms with Crippen molar-refractivity contribution in [2.75, 3.05) is 0 Å². The predicted octanol–water partition coefficient (Wildman–Crippen LogP) is 4.22. The maximum absolute atomic E-state index is 5.94. The maximum atomic E-state index is 5.94. The summed E-state index contributed by atoms with van der Waals surface area (Å²) in [5.41, 5.74) is 5.25. The van der Waals surface area contributed by atoms with Gasteiger partial charge in [-0.2, -0.15) is 0 Å². The van der Waals surface area contributed by atoms with Crippen LogP contribution < -0.4 is 11.3 Å². The number of benzene rings is 1. The van der Waals surface area contributed by atoms with Crippen molar-refractivity contribution in [2.24, 2.45) is 5.84 Å². The second kappa shape index (κ2) is 6.17. The zero-order chi connectivity index (χ0) is 13.1. The maximum Gasteiger partial charge on any atom is 0.0931 e. The molecule has 0 saturated carbocycles. The third kappa shape index (κ3) is 3.33. The van der Waals surface area contributed by atoms with Crippen LogP contribution in [0.2, 0.25) is 4.34 Å². The third-order valence-electron chi connectivity index (χ3n) is 2.77. The summed E-state index contributed by atoms with van der Waals surface area (Å²) in [6.45, 7) is 2.07. The molecule has 1 heterocycles. The molecule has 0 spiro atoms. The van der Waals surface area contributed by atoms with Crippen molar-refractivity contribution in [1.82, 2.24) is 5.43 Å². The van der Waals surface area contributed by atoms with Gasteiger partial charge in [-0.15, -0.1) is 11.3 Å². The van der Waals surface area contributed by atoms with E-state index >= 15 is 0 Å². The summed E-state index contributed by atoms with van der Waals surface area (Å²) in [5, 5.41) is 0. The van der Waals surface area contributed by atoms with E-state index in [0.717, 1.165) is 20.8 Å². The second-order valence-corrected chi connectivity index (χ2v) is 6.81. The molecule has 1 atom stereocenters. The van der Waals surface area contributed by atoms with E-state index in [1.54, 1.807) is 11.3 Å². The van der Waals surface area contributed by atoms with Gasteiger partial charge in [-0.25, -0.2) is 0 Å². The summed E-state index contributed by atoms with van der Waals surface area (Å²) in [6.07, 6.45) is 0.829. The Hall–Kier alpha value is -0.390. The molecular weight excluding hydrogens is 332 g/mol. The van der Waals surface area contributed by atoms with Crippen molar-refractivity contribution in [3.05, 3.63) is 55.1 Å². The van der Waals surface area contributed by atoms with Crippen molar-refractivity contribution in [3.63, 3.8) is 0 Å². The van der Waals surface area contributed by atoms with Crippen LogP contribution in [-0.4, -0.2) is 0 Å². The molecule has 1 aromatic carbocycles. The molecule has 0 fully saturated rings. The molecule has 5 heteroatoms. The quantitative estimate of drug-likeness (QED) is 0.643. The van der Waals surface area contributed by atoms with Gasteiger partial charge in [-0.1, -0.05) is 39.7 Å². The van der Waals surface area contributed by atoms with Crippen molar-refractivity contribution < 1.29 is 0 Å². The fraction of sp³-hybridized carbons (Fsp3) is 0.231. The lowest BCUT2D eigenvalue weighted by atomic mass is 10.0. The summed E-state index contributed by atoms with van der Waals surface area (Å²) in [5.74, 6) is 5.67. The summed E-state index contributed by atoms with van der Waals surface area (Å²) in [6, 6.07) is 10.3. The van der Waals surface area contributed by atoms with E-state index in [9.17, 15) is 0 Å². The summed E-state index contributed by atoms with van der Waals surface area (Å²) in [7, 11) is 0. The number of halogens is 2. The zero-order valence-electron chi connectivity index (χ0n) is 9.91. The molecule has 2 nitrogen and oxygen atoms in total. The molecule has 0 aliphatic heterocycles. The molecule has 0 saturated heterocycles. The van der Waals surface area contributed by atoms with Gasteiger partial charge in [0.1, 0.15) is 0 Å². The minimum atomic E-state index is 0.0784. The smallest absolute Gasteiger partial charge is 0.0931 e. The van der Waals surface area contributed by atoms with Gasteiger partial charge in [-0.3, -0.25) is 11.3 Å². The number of hydrazine groups is 1. The largest absolute Gasteiger partial charge is 0.271 e. The van der Waals surface area contributed by atoms with Crippen LogP contribution in [0.3, 0.4) is 0 Å². The van der Waals surface area contributed by atoms with E-state index in [4.69, 9.17) is 17.4 Å². The number of thiophene rings is 1. The summed E-state index contributed by atoms with van der Waals surface area (Å²) in [4.78, 5) is 1.22. The van der Waals surface area contributed by atoms with Crippen LogP contribution in [0.5, 0.6) is 0 Å². The monoisotopic (exact) mass is 344 g/mol. The van der Waals surface area contributed by atoms with Crippen molar-refractivity contribution in [2.45, 2.75) is 19.4 Å². The Kier molecular flexibility index (Phi) is 4.81. The number of hydrogen-bond donors (Lipinski definition) is 2. The molecule has 0 aliphatic carbocycles. The lowest BCUT2D eigenvalue weighted by Crippen LogP contribution is -2.29. The summed E-state index contributed by atoms with van der Waals surface area (Å²) >= 11 is 11.1. The Bertz CT molecular complexity index is 542. The Morgan fingerprint density at radius 2 is 2.17 bits per heavy atom. The van der Waals surface area contributed by atoms with E-state index in [1.165, 1.54) is 10.4 Å². The number of aryl methyl sites for hydroxylation is 1. The van der Waals surface area contributed by atoms with Gasteiger partial charge in [-0.05, 0) is 36.2 Å². The number of hydrogen-bond acceptors (Lipinski definition) is 3. The third-order valence-corrected chi connectivity index (χ3v) is 4.71. The Morgan fingerprint density at radius 3 is 2.72 bits per heavy atom. The van der Waals surface area contributed by atoms with Crippen molar-refractivity contribution in [1.29, 1.82) is 0 Å². The molecule has 18 heavy (non-hydrogen) atoms. The van der Waals surface area contributed by atoms with Crippen molar-refractivity contribution in [3.8, 4) is 0 Å². The first-order chi connectivity index (χ1) is 8.60. The highest BCUT2D eigenvalue weighted by molar-refractivity contribution is 9.10. The average molecular weight is 346 g/mol. The van der Waals surface area contributed by atoms with Crippen LogP contribution in [0.1, 0.15) is 22.0 Å². The lowest BCUT2D eigenvalue weighted by molar-refractivity contribution is 0.553. The van der Waals surface area contributed by atoms with Crippen molar-refractivity contribution >= 4 is 38.9 Å². The Labute approximate surface area is 124 Å². The molecule has 0 aliphatic rings. The van der Waals surface area contributed by atoms with Crippen LogP contribution in [0.25, 0.3) is 0 Å². The first-order valence-electron chi connectivity index (χ1n) is 5.56. The molecule has 1 unspecified atom stereocenters. The SMILES string of the molecule is Cc1ccc(C(Cc2ccc(Cl)s2)NN)c(Br)c1. The fourth-order valence-electron chi connectivity index (χ4n) is 1.84. The minimum absolute atomic E-state index is 0.0784. The number of nitrogens with one attached hydrogen (secondary N) is 1. The molecule has 0 radical (unpaired) electrons. The minimum Gasteiger partial charge on any atom is -0.271 e. The average Bonchev–Trinajstić information content (AvgIpc) is 2.72. The molecule has 2 rings (SSSR count). The van der Waals surface area contributed by atoms with Crippen LogP contribution in [0.15, 0.2) is 34.8 Å².